The van der Waals surface area contributed by atoms with Gasteiger partial charge >= 0.3 is 0 Å². The van der Waals surface area contributed by atoms with E-state index in [0.717, 1.165) is 53.1 Å². The summed E-state index contributed by atoms with van der Waals surface area (Å²) in [6, 6.07) is 11.5. The third-order valence-corrected chi connectivity index (χ3v) is 6.10. The maximum absolute atomic E-state index is 13.2. The highest BCUT2D eigenvalue weighted by Crippen LogP contribution is 2.31. The van der Waals surface area contributed by atoms with Gasteiger partial charge in [-0.1, -0.05) is 29.0 Å². The summed E-state index contributed by atoms with van der Waals surface area (Å²) in [7, 11) is 0. The van der Waals surface area contributed by atoms with Crippen LogP contribution in [0.3, 0.4) is 0 Å². The van der Waals surface area contributed by atoms with E-state index in [4.69, 9.17) is 16.6 Å². The highest BCUT2D eigenvalue weighted by atomic mass is 35.5. The smallest absolute Gasteiger partial charge is 0.251 e. The van der Waals surface area contributed by atoms with Gasteiger partial charge in [0.2, 0.25) is 0 Å². The predicted octanol–water partition coefficient (Wildman–Crippen LogP) is 3.64. The van der Waals surface area contributed by atoms with Crippen molar-refractivity contribution in [2.45, 2.75) is 0 Å². The maximum atomic E-state index is 13.2. The highest BCUT2D eigenvalue weighted by molar-refractivity contribution is 7.22. The fourth-order valence-electron chi connectivity index (χ4n) is 3.24. The largest absolute Gasteiger partial charge is 0.351 e. The van der Waals surface area contributed by atoms with Crippen LogP contribution in [0.2, 0.25) is 5.02 Å². The monoisotopic (exact) mass is 418 g/mol. The number of nitrogens with one attached hydrogen (secondary N) is 1. The molecule has 3 aromatic rings. The van der Waals surface area contributed by atoms with Crippen LogP contribution in [-0.4, -0.2) is 55.1 Å². The molecule has 1 amide bonds. The number of amides is 1. The summed E-state index contributed by atoms with van der Waals surface area (Å²) in [5.74, 6) is -0.646. The van der Waals surface area contributed by atoms with Crippen molar-refractivity contribution in [1.29, 1.82) is 0 Å². The number of rotatable bonds is 5. The molecular weight excluding hydrogens is 399 g/mol. The summed E-state index contributed by atoms with van der Waals surface area (Å²) in [5, 5.41) is 4.61. The number of piperazine rings is 1. The molecule has 1 aliphatic heterocycles. The number of hydrogen-bond acceptors (Lipinski definition) is 5. The lowest BCUT2D eigenvalue weighted by atomic mass is 10.2. The minimum Gasteiger partial charge on any atom is -0.351 e. The topological polar surface area (TPSA) is 48.5 Å². The quantitative estimate of drug-likeness (QED) is 0.687. The Bertz CT molecular complexity index is 987. The van der Waals surface area contributed by atoms with Crippen LogP contribution in [-0.2, 0) is 0 Å². The molecular formula is C20H20ClFN4OS. The molecule has 2 heterocycles. The molecule has 0 unspecified atom stereocenters. The molecule has 0 saturated carbocycles. The van der Waals surface area contributed by atoms with Crippen LogP contribution in [0, 0.1) is 5.82 Å². The van der Waals surface area contributed by atoms with Gasteiger partial charge in [-0.25, -0.2) is 9.37 Å². The highest BCUT2D eigenvalue weighted by Gasteiger charge is 2.20. The van der Waals surface area contributed by atoms with Crippen LogP contribution < -0.4 is 10.2 Å². The average molecular weight is 419 g/mol. The summed E-state index contributed by atoms with van der Waals surface area (Å²) < 4.78 is 14.3. The van der Waals surface area contributed by atoms with E-state index in [1.807, 2.05) is 18.2 Å². The lowest BCUT2D eigenvalue weighted by Gasteiger charge is -2.34. The molecule has 1 saturated heterocycles. The fraction of sp³-hybridized carbons (Fsp3) is 0.300. The number of halogens is 2. The van der Waals surface area contributed by atoms with Crippen molar-refractivity contribution in [2.75, 3.05) is 44.2 Å². The SMILES string of the molecule is O=C(NCCN1CCN(c2nc3ccc(Cl)cc3s2)CC1)c1cccc(F)c1. The van der Waals surface area contributed by atoms with Gasteiger partial charge in [0, 0.05) is 49.9 Å². The molecule has 4 rings (SSSR count). The molecule has 28 heavy (non-hydrogen) atoms. The van der Waals surface area contributed by atoms with Gasteiger partial charge in [0.1, 0.15) is 5.82 Å². The van der Waals surface area contributed by atoms with Crippen molar-refractivity contribution in [1.82, 2.24) is 15.2 Å². The van der Waals surface area contributed by atoms with Gasteiger partial charge in [0.25, 0.3) is 5.91 Å². The van der Waals surface area contributed by atoms with E-state index in [1.54, 1.807) is 23.5 Å². The Kier molecular flexibility index (Phi) is 5.75. The second-order valence-electron chi connectivity index (χ2n) is 6.70. The number of aromatic nitrogens is 1. The van der Waals surface area contributed by atoms with E-state index in [1.165, 1.54) is 12.1 Å². The van der Waals surface area contributed by atoms with E-state index in [-0.39, 0.29) is 5.91 Å². The Hall–Kier alpha value is -2.22. The van der Waals surface area contributed by atoms with Crippen LogP contribution in [0.4, 0.5) is 9.52 Å². The minimum absolute atomic E-state index is 0.244. The molecule has 1 aromatic heterocycles. The number of carbonyl (C=O) groups is 1. The van der Waals surface area contributed by atoms with Crippen molar-refractivity contribution in [3.8, 4) is 0 Å². The predicted molar refractivity (Wildman–Crippen MR) is 112 cm³/mol. The lowest BCUT2D eigenvalue weighted by molar-refractivity contribution is 0.0947. The number of anilines is 1. The second-order valence-corrected chi connectivity index (χ2v) is 8.15. The van der Waals surface area contributed by atoms with E-state index < -0.39 is 5.82 Å². The van der Waals surface area contributed by atoms with Gasteiger partial charge in [-0.05, 0) is 36.4 Å². The molecule has 0 atom stereocenters. The Balaban J connectivity index is 1.25. The van der Waals surface area contributed by atoms with Crippen LogP contribution in [0.25, 0.3) is 10.2 Å². The molecule has 1 N–H and O–H groups in total. The number of hydrogen-bond donors (Lipinski definition) is 1. The number of benzene rings is 2. The summed E-state index contributed by atoms with van der Waals surface area (Å²) in [5.41, 5.74) is 1.33. The molecule has 8 heteroatoms. The van der Waals surface area contributed by atoms with E-state index in [9.17, 15) is 9.18 Å². The zero-order valence-electron chi connectivity index (χ0n) is 15.2. The molecule has 0 bridgehead atoms. The first-order chi connectivity index (χ1) is 13.6. The average Bonchev–Trinajstić information content (AvgIpc) is 3.11. The third-order valence-electron chi connectivity index (χ3n) is 4.78. The van der Waals surface area contributed by atoms with Crippen LogP contribution in [0.1, 0.15) is 10.4 Å². The summed E-state index contributed by atoms with van der Waals surface area (Å²) in [6.45, 7) is 4.91. The number of nitrogens with zero attached hydrogens (tertiary/aromatic N) is 3. The normalized spacial score (nSPS) is 15.1. The van der Waals surface area contributed by atoms with Crippen molar-refractivity contribution in [3.05, 3.63) is 58.9 Å². The Labute approximate surface area is 171 Å². The lowest BCUT2D eigenvalue weighted by Crippen LogP contribution is -2.48. The van der Waals surface area contributed by atoms with Crippen molar-refractivity contribution >= 4 is 44.2 Å². The zero-order valence-corrected chi connectivity index (χ0v) is 16.8. The zero-order chi connectivity index (χ0) is 19.5. The standard InChI is InChI=1S/C20H20ClFN4OS/c21-15-4-5-17-18(13-15)28-20(24-17)26-10-8-25(9-11-26)7-6-23-19(27)14-2-1-3-16(22)12-14/h1-5,12-13H,6-11H2,(H,23,27). The van der Waals surface area contributed by atoms with Gasteiger partial charge in [-0.3, -0.25) is 9.69 Å². The van der Waals surface area contributed by atoms with Crippen molar-refractivity contribution in [3.63, 3.8) is 0 Å². The summed E-state index contributed by atoms with van der Waals surface area (Å²) in [4.78, 5) is 21.4. The molecule has 2 aromatic carbocycles. The van der Waals surface area contributed by atoms with Gasteiger partial charge in [-0.15, -0.1) is 0 Å². The molecule has 0 aliphatic carbocycles. The van der Waals surface area contributed by atoms with Crippen LogP contribution >= 0.6 is 22.9 Å². The van der Waals surface area contributed by atoms with Crippen molar-refractivity contribution in [2.24, 2.45) is 0 Å². The van der Waals surface area contributed by atoms with E-state index in [0.29, 0.717) is 12.1 Å². The second kappa shape index (κ2) is 8.43. The van der Waals surface area contributed by atoms with Gasteiger partial charge in [-0.2, -0.15) is 0 Å². The number of fused-ring (bicyclic) bond motifs is 1. The summed E-state index contributed by atoms with van der Waals surface area (Å²) in [6.07, 6.45) is 0. The molecule has 1 aliphatic rings. The van der Waals surface area contributed by atoms with Crippen LogP contribution in [0.15, 0.2) is 42.5 Å². The first kappa shape index (κ1) is 19.1. The summed E-state index contributed by atoms with van der Waals surface area (Å²) >= 11 is 7.72. The Morgan fingerprint density at radius 1 is 1.18 bits per heavy atom. The minimum atomic E-state index is -0.402. The molecule has 0 spiro atoms. The first-order valence-corrected chi connectivity index (χ1v) is 10.3. The molecule has 5 nitrogen and oxygen atoms in total. The van der Waals surface area contributed by atoms with Gasteiger partial charge < -0.3 is 10.2 Å². The van der Waals surface area contributed by atoms with E-state index in [2.05, 4.69) is 15.1 Å². The maximum Gasteiger partial charge on any atom is 0.251 e. The Morgan fingerprint density at radius 2 is 2.00 bits per heavy atom. The van der Waals surface area contributed by atoms with Crippen molar-refractivity contribution < 1.29 is 9.18 Å². The third kappa shape index (κ3) is 4.43. The molecule has 146 valence electrons. The molecule has 0 radical (unpaired) electrons. The number of carbonyl (C=O) groups excluding carboxylic acids is 1. The Morgan fingerprint density at radius 3 is 2.79 bits per heavy atom. The fourth-order valence-corrected chi connectivity index (χ4v) is 4.54. The number of thiazole rings is 1. The van der Waals surface area contributed by atoms with Crippen LogP contribution in [0.5, 0.6) is 0 Å². The van der Waals surface area contributed by atoms with Gasteiger partial charge in [0.05, 0.1) is 10.2 Å². The molecule has 1 fully saturated rings. The first-order valence-electron chi connectivity index (χ1n) is 9.16. The van der Waals surface area contributed by atoms with Gasteiger partial charge in [0.15, 0.2) is 5.13 Å². The van der Waals surface area contributed by atoms with E-state index >= 15 is 0 Å².